The molecule has 0 amide bonds. The van der Waals surface area contributed by atoms with Crippen molar-refractivity contribution in [1.82, 2.24) is 0 Å². The average Bonchev–Trinajstić information content (AvgIpc) is 2.42. The summed E-state index contributed by atoms with van der Waals surface area (Å²) in [5, 5.41) is 10.9. The summed E-state index contributed by atoms with van der Waals surface area (Å²) in [6.07, 6.45) is 0. The number of carbonyl (C=O) groups is 1. The minimum absolute atomic E-state index is 0.0866. The van der Waals surface area contributed by atoms with Crippen LogP contribution in [0.1, 0.15) is 21.5 Å². The van der Waals surface area contributed by atoms with Gasteiger partial charge in [-0.15, -0.1) is 0 Å². The van der Waals surface area contributed by atoms with Gasteiger partial charge in [0.15, 0.2) is 0 Å². The molecule has 2 aromatic rings. The number of carboxylic acid groups (broad SMARTS) is 1. The molecule has 1 N–H and O–H groups in total. The van der Waals surface area contributed by atoms with Crippen LogP contribution in [0.3, 0.4) is 0 Å². The van der Waals surface area contributed by atoms with E-state index in [0.29, 0.717) is 11.3 Å². The van der Waals surface area contributed by atoms with Crippen molar-refractivity contribution < 1.29 is 18.3 Å². The lowest BCUT2D eigenvalue weighted by Gasteiger charge is -2.14. The van der Waals surface area contributed by atoms with Gasteiger partial charge in [0.05, 0.1) is 16.6 Å². The molecule has 0 fully saturated rings. The highest BCUT2D eigenvalue weighted by Crippen LogP contribution is 2.25. The second kappa shape index (κ2) is 6.10. The van der Waals surface area contributed by atoms with E-state index >= 15 is 0 Å². The normalized spacial score (nSPS) is 11.2. The monoisotopic (exact) mass is 382 g/mol. The van der Waals surface area contributed by atoms with Gasteiger partial charge in [0.1, 0.15) is 0 Å². The zero-order valence-electron chi connectivity index (χ0n) is 11.9. The molecule has 0 saturated heterocycles. The number of anilines is 1. The van der Waals surface area contributed by atoms with Gasteiger partial charge in [0, 0.05) is 4.47 Å². The number of hydrogen-bond donors (Lipinski definition) is 1. The first-order chi connectivity index (χ1) is 10.2. The van der Waals surface area contributed by atoms with Crippen molar-refractivity contribution in [3.05, 3.63) is 57.6 Å². The quantitative estimate of drug-likeness (QED) is 0.877. The van der Waals surface area contributed by atoms with Crippen molar-refractivity contribution in [2.45, 2.75) is 18.7 Å². The number of benzene rings is 2. The second-order valence-electron chi connectivity index (χ2n) is 4.83. The Balaban J connectivity index is 2.46. The lowest BCUT2D eigenvalue weighted by molar-refractivity contribution is -0.255. The first kappa shape index (κ1) is 16.5. The first-order valence-electron chi connectivity index (χ1n) is 6.31. The van der Waals surface area contributed by atoms with E-state index in [1.165, 1.54) is 12.1 Å². The third-order valence-corrected chi connectivity index (χ3v) is 5.15. The number of rotatable bonds is 4. The molecule has 0 atom stereocenters. The van der Waals surface area contributed by atoms with E-state index in [0.717, 1.165) is 16.1 Å². The van der Waals surface area contributed by atoms with Gasteiger partial charge < -0.3 is 9.90 Å². The summed E-state index contributed by atoms with van der Waals surface area (Å²) in [4.78, 5) is 10.8. The summed E-state index contributed by atoms with van der Waals surface area (Å²) < 4.78 is 28.3. The standard InChI is InChI=1S/C15H14BrNO4S/c1-9-3-4-11(15(18)19)8-14(9)22(20,21)17-13-6-5-12(16)7-10(13)2/h3-8,17H,1-2H3,(H,18,19)/p-1. The molecule has 0 bridgehead atoms. The molecule has 2 aromatic carbocycles. The fourth-order valence-electron chi connectivity index (χ4n) is 1.96. The molecule has 22 heavy (non-hydrogen) atoms. The average molecular weight is 383 g/mol. The Morgan fingerprint density at radius 2 is 1.77 bits per heavy atom. The van der Waals surface area contributed by atoms with Gasteiger partial charge in [-0.1, -0.05) is 28.1 Å². The maximum absolute atomic E-state index is 12.5. The van der Waals surface area contributed by atoms with Crippen molar-refractivity contribution in [3.8, 4) is 0 Å². The molecule has 0 aromatic heterocycles. The molecule has 0 aliphatic carbocycles. The lowest BCUT2D eigenvalue weighted by atomic mass is 10.1. The molecule has 5 nitrogen and oxygen atoms in total. The summed E-state index contributed by atoms with van der Waals surface area (Å²) in [6, 6.07) is 8.98. The molecule has 0 unspecified atom stereocenters. The van der Waals surface area contributed by atoms with Crippen LogP contribution in [0.2, 0.25) is 0 Å². The Bertz CT molecular complexity index is 847. The highest BCUT2D eigenvalue weighted by Gasteiger charge is 2.18. The van der Waals surface area contributed by atoms with Crippen LogP contribution >= 0.6 is 15.9 Å². The molecule has 0 aliphatic rings. The van der Waals surface area contributed by atoms with E-state index in [1.54, 1.807) is 32.0 Å². The van der Waals surface area contributed by atoms with Crippen molar-refractivity contribution in [1.29, 1.82) is 0 Å². The van der Waals surface area contributed by atoms with Crippen LogP contribution < -0.4 is 9.83 Å². The Labute approximate surface area is 137 Å². The molecule has 0 saturated carbocycles. The zero-order chi connectivity index (χ0) is 16.5. The number of halogens is 1. The fraction of sp³-hybridized carbons (Fsp3) is 0.133. The maximum atomic E-state index is 12.5. The van der Waals surface area contributed by atoms with Gasteiger partial charge in [-0.05, 0) is 54.8 Å². The summed E-state index contributed by atoms with van der Waals surface area (Å²) in [6.45, 7) is 3.37. The summed E-state index contributed by atoms with van der Waals surface area (Å²) >= 11 is 3.31. The topological polar surface area (TPSA) is 86.3 Å². The predicted octanol–water partition coefficient (Wildman–Crippen LogP) is 2.23. The largest absolute Gasteiger partial charge is 0.545 e. The van der Waals surface area contributed by atoms with Crippen LogP contribution in [0.15, 0.2) is 45.8 Å². The van der Waals surface area contributed by atoms with Gasteiger partial charge in [0.25, 0.3) is 10.0 Å². The van der Waals surface area contributed by atoms with Gasteiger partial charge >= 0.3 is 0 Å². The van der Waals surface area contributed by atoms with Crippen molar-refractivity contribution >= 4 is 37.6 Å². The van der Waals surface area contributed by atoms with Crippen LogP contribution in [-0.2, 0) is 10.0 Å². The van der Waals surface area contributed by atoms with E-state index in [2.05, 4.69) is 20.7 Å². The minimum atomic E-state index is -3.89. The van der Waals surface area contributed by atoms with Crippen molar-refractivity contribution in [2.75, 3.05) is 4.72 Å². The number of carboxylic acids is 1. The highest BCUT2D eigenvalue weighted by molar-refractivity contribution is 9.10. The third-order valence-electron chi connectivity index (χ3n) is 3.15. The van der Waals surface area contributed by atoms with Gasteiger partial charge in [-0.2, -0.15) is 0 Å². The first-order valence-corrected chi connectivity index (χ1v) is 8.59. The molecular formula is C15H13BrNO4S-. The molecule has 0 spiro atoms. The molecule has 116 valence electrons. The number of hydrogen-bond acceptors (Lipinski definition) is 4. The van der Waals surface area contributed by atoms with Gasteiger partial charge in [-0.25, -0.2) is 8.42 Å². The Morgan fingerprint density at radius 3 is 2.36 bits per heavy atom. The van der Waals surface area contributed by atoms with E-state index in [-0.39, 0.29) is 10.5 Å². The smallest absolute Gasteiger partial charge is 0.262 e. The SMILES string of the molecule is Cc1cc(Br)ccc1NS(=O)(=O)c1cc(C(=O)[O-])ccc1C. The van der Waals surface area contributed by atoms with E-state index in [1.807, 2.05) is 0 Å². The maximum Gasteiger partial charge on any atom is 0.262 e. The van der Waals surface area contributed by atoms with Crippen LogP contribution in [0.4, 0.5) is 5.69 Å². The Kier molecular flexibility index (Phi) is 4.58. The summed E-state index contributed by atoms with van der Waals surface area (Å²) in [7, 11) is -3.89. The minimum Gasteiger partial charge on any atom is -0.545 e. The van der Waals surface area contributed by atoms with Gasteiger partial charge in [-0.3, -0.25) is 4.72 Å². The van der Waals surface area contributed by atoms with E-state index in [9.17, 15) is 18.3 Å². The molecule has 7 heteroatoms. The van der Waals surface area contributed by atoms with E-state index < -0.39 is 16.0 Å². The molecule has 0 aliphatic heterocycles. The Morgan fingerprint density at radius 1 is 1.09 bits per heavy atom. The van der Waals surface area contributed by atoms with Crippen LogP contribution in [0.25, 0.3) is 0 Å². The number of carbonyl (C=O) groups excluding carboxylic acids is 1. The fourth-order valence-corrected chi connectivity index (χ4v) is 3.84. The number of aryl methyl sites for hydroxylation is 2. The number of sulfonamides is 1. The summed E-state index contributed by atoms with van der Waals surface area (Å²) in [5.74, 6) is -1.42. The van der Waals surface area contributed by atoms with Gasteiger partial charge in [0.2, 0.25) is 0 Å². The molecular weight excluding hydrogens is 370 g/mol. The lowest BCUT2D eigenvalue weighted by Crippen LogP contribution is -2.23. The highest BCUT2D eigenvalue weighted by atomic mass is 79.9. The number of nitrogens with one attached hydrogen (secondary N) is 1. The van der Waals surface area contributed by atoms with Crippen LogP contribution in [0.5, 0.6) is 0 Å². The molecule has 0 radical (unpaired) electrons. The van der Waals surface area contributed by atoms with Crippen molar-refractivity contribution in [2.24, 2.45) is 0 Å². The van der Waals surface area contributed by atoms with Crippen LogP contribution in [-0.4, -0.2) is 14.4 Å². The molecule has 2 rings (SSSR count). The Hall–Kier alpha value is -1.86. The second-order valence-corrected chi connectivity index (χ2v) is 7.40. The third kappa shape index (κ3) is 3.48. The summed E-state index contributed by atoms with van der Waals surface area (Å²) in [5.41, 5.74) is 1.44. The zero-order valence-corrected chi connectivity index (χ0v) is 14.3. The molecule has 0 heterocycles. The van der Waals surface area contributed by atoms with Crippen LogP contribution in [0, 0.1) is 13.8 Å². The van der Waals surface area contributed by atoms with Crippen molar-refractivity contribution in [3.63, 3.8) is 0 Å². The van der Waals surface area contributed by atoms with E-state index in [4.69, 9.17) is 0 Å². The predicted molar refractivity (Wildman–Crippen MR) is 85.2 cm³/mol. The number of aromatic carboxylic acids is 1.